The van der Waals surface area contributed by atoms with Crippen LogP contribution in [0.25, 0.3) is 0 Å². The Morgan fingerprint density at radius 3 is 2.04 bits per heavy atom. The predicted molar refractivity (Wildman–Crippen MR) is 83.0 cm³/mol. The monoisotopic (exact) mass is 398 g/mol. The van der Waals surface area contributed by atoms with Crippen LogP contribution in [0.5, 0.6) is 0 Å². The number of methoxy groups -OCH3 is 1. The molecule has 0 aliphatic carbocycles. The molecule has 0 bridgehead atoms. The Morgan fingerprint density at radius 2 is 1.48 bits per heavy atom. The fourth-order valence-corrected chi connectivity index (χ4v) is 2.91. The molecule has 0 radical (unpaired) electrons. The molecule has 0 aromatic rings. The Kier molecular flexibility index (Phi) is 7.88. The Labute approximate surface area is 154 Å². The first kappa shape index (κ1) is 22.4. The Balaban J connectivity index is 2.09. The summed E-state index contributed by atoms with van der Waals surface area (Å²) < 4.78 is 25.9. The van der Waals surface area contributed by atoms with Gasteiger partial charge in [-0.2, -0.15) is 0 Å². The van der Waals surface area contributed by atoms with Gasteiger partial charge in [0.05, 0.1) is 6.61 Å². The summed E-state index contributed by atoms with van der Waals surface area (Å²) in [7, 11) is 1.24. The average molecular weight is 398 g/mol. The van der Waals surface area contributed by atoms with Crippen LogP contribution in [0.3, 0.4) is 0 Å². The van der Waals surface area contributed by atoms with Crippen molar-refractivity contribution >= 4 is 5.97 Å². The first-order chi connectivity index (χ1) is 12.7. The number of aliphatic hydroxyl groups excluding tert-OH is 6. The van der Waals surface area contributed by atoms with Gasteiger partial charge in [0.25, 0.3) is 0 Å². The highest BCUT2D eigenvalue weighted by atomic mass is 16.8. The van der Waals surface area contributed by atoms with E-state index in [1.54, 1.807) is 0 Å². The normalized spacial score (nSPS) is 45.5. The number of carbonyl (C=O) groups excluding carboxylic acids is 1. The number of hydrogen-bond acceptors (Lipinski definition) is 12. The molecule has 2 heterocycles. The summed E-state index contributed by atoms with van der Waals surface area (Å²) in [6, 6.07) is 0. The van der Waals surface area contributed by atoms with E-state index in [0.29, 0.717) is 0 Å². The SMILES string of the molecule is CO[C@H]1O[C@H](COC(C)=O)[C@@H](O)[C@H](O)[C@@H]1O[C@@H]1O[C@H](CO)[C@H](O)[C@H](O)[C@H]1O. The van der Waals surface area contributed by atoms with Gasteiger partial charge in [-0.3, -0.25) is 4.79 Å². The van der Waals surface area contributed by atoms with E-state index < -0.39 is 74.0 Å². The summed E-state index contributed by atoms with van der Waals surface area (Å²) in [5.41, 5.74) is 0. The van der Waals surface area contributed by atoms with Crippen molar-refractivity contribution in [3.63, 3.8) is 0 Å². The van der Waals surface area contributed by atoms with Gasteiger partial charge < -0.3 is 54.3 Å². The molecule has 2 aliphatic rings. The molecule has 2 rings (SSSR count). The van der Waals surface area contributed by atoms with E-state index in [0.717, 1.165) is 0 Å². The molecular weight excluding hydrogens is 372 g/mol. The number of esters is 1. The van der Waals surface area contributed by atoms with Crippen LogP contribution < -0.4 is 0 Å². The molecule has 0 aromatic carbocycles. The standard InChI is InChI=1S/C15H26O12/c1-5(17)24-4-7-9(19)11(21)13(15(23-2)26-7)27-14-12(22)10(20)8(18)6(3-16)25-14/h6-16,18-22H,3-4H2,1-2H3/t6-,7-,8+,9-,10+,11+,12-,13+,14+,15+/m1/s1. The summed E-state index contributed by atoms with van der Waals surface area (Å²) >= 11 is 0. The van der Waals surface area contributed by atoms with Gasteiger partial charge in [-0.05, 0) is 0 Å². The van der Waals surface area contributed by atoms with E-state index in [1.165, 1.54) is 14.0 Å². The van der Waals surface area contributed by atoms with Gasteiger partial charge in [0, 0.05) is 14.0 Å². The molecule has 27 heavy (non-hydrogen) atoms. The summed E-state index contributed by atoms with van der Waals surface area (Å²) in [5.74, 6) is -0.603. The molecule has 0 saturated carbocycles. The lowest BCUT2D eigenvalue weighted by Gasteiger charge is -2.45. The number of aliphatic hydroxyl groups is 6. The lowest BCUT2D eigenvalue weighted by molar-refractivity contribution is -0.364. The Hall–Kier alpha value is -0.930. The zero-order chi connectivity index (χ0) is 20.3. The molecule has 0 amide bonds. The third kappa shape index (κ3) is 4.92. The lowest BCUT2D eigenvalue weighted by Crippen LogP contribution is -2.64. The maximum Gasteiger partial charge on any atom is 0.302 e. The van der Waals surface area contributed by atoms with Crippen LogP contribution in [-0.4, -0.2) is 118 Å². The van der Waals surface area contributed by atoms with E-state index >= 15 is 0 Å². The maximum absolute atomic E-state index is 10.9. The smallest absolute Gasteiger partial charge is 0.302 e. The van der Waals surface area contributed by atoms with Crippen LogP contribution in [0.2, 0.25) is 0 Å². The summed E-state index contributed by atoms with van der Waals surface area (Å²) in [6.07, 6.45) is -14.5. The minimum Gasteiger partial charge on any atom is -0.463 e. The van der Waals surface area contributed by atoms with E-state index in [2.05, 4.69) is 0 Å². The Bertz CT molecular complexity index is 485. The zero-order valence-corrected chi connectivity index (χ0v) is 14.8. The average Bonchev–Trinajstić information content (AvgIpc) is 2.64. The van der Waals surface area contributed by atoms with Gasteiger partial charge in [-0.1, -0.05) is 0 Å². The molecule has 2 saturated heterocycles. The van der Waals surface area contributed by atoms with E-state index in [-0.39, 0.29) is 6.61 Å². The van der Waals surface area contributed by atoms with Crippen molar-refractivity contribution in [1.82, 2.24) is 0 Å². The highest BCUT2D eigenvalue weighted by Gasteiger charge is 2.50. The molecule has 12 heteroatoms. The van der Waals surface area contributed by atoms with Crippen LogP contribution in [-0.2, 0) is 28.5 Å². The van der Waals surface area contributed by atoms with Crippen LogP contribution in [0.4, 0.5) is 0 Å². The minimum atomic E-state index is -1.71. The lowest BCUT2D eigenvalue weighted by atomic mass is 9.97. The Morgan fingerprint density at radius 1 is 0.889 bits per heavy atom. The molecule has 2 fully saturated rings. The fraction of sp³-hybridized carbons (Fsp3) is 0.933. The topological polar surface area (TPSA) is 185 Å². The molecule has 2 aliphatic heterocycles. The van der Waals surface area contributed by atoms with Crippen molar-refractivity contribution in [3.8, 4) is 0 Å². The van der Waals surface area contributed by atoms with Crippen molar-refractivity contribution in [2.75, 3.05) is 20.3 Å². The second kappa shape index (κ2) is 9.52. The van der Waals surface area contributed by atoms with Crippen molar-refractivity contribution in [2.24, 2.45) is 0 Å². The minimum absolute atomic E-state index is 0.333. The van der Waals surface area contributed by atoms with E-state index in [9.17, 15) is 35.4 Å². The largest absolute Gasteiger partial charge is 0.463 e. The number of rotatable bonds is 6. The second-order valence-electron chi connectivity index (χ2n) is 6.36. The highest BCUT2D eigenvalue weighted by Crippen LogP contribution is 2.29. The summed E-state index contributed by atoms with van der Waals surface area (Å²) in [6.45, 7) is 0.181. The third-order valence-electron chi connectivity index (χ3n) is 4.47. The van der Waals surface area contributed by atoms with Crippen molar-refractivity contribution in [1.29, 1.82) is 0 Å². The van der Waals surface area contributed by atoms with Gasteiger partial charge in [-0.15, -0.1) is 0 Å². The fourth-order valence-electron chi connectivity index (χ4n) is 2.91. The number of hydrogen-bond donors (Lipinski definition) is 6. The number of ether oxygens (including phenoxy) is 5. The quantitative estimate of drug-likeness (QED) is 0.238. The van der Waals surface area contributed by atoms with E-state index in [4.69, 9.17) is 23.7 Å². The van der Waals surface area contributed by atoms with Crippen molar-refractivity contribution < 1.29 is 59.1 Å². The molecule has 12 nitrogen and oxygen atoms in total. The molecule has 6 N–H and O–H groups in total. The van der Waals surface area contributed by atoms with Gasteiger partial charge in [0.15, 0.2) is 12.6 Å². The summed E-state index contributed by atoms with van der Waals surface area (Å²) in [4.78, 5) is 10.9. The van der Waals surface area contributed by atoms with Crippen LogP contribution in [0, 0.1) is 0 Å². The van der Waals surface area contributed by atoms with Gasteiger partial charge in [-0.25, -0.2) is 0 Å². The van der Waals surface area contributed by atoms with Gasteiger partial charge >= 0.3 is 5.97 Å². The van der Waals surface area contributed by atoms with Crippen molar-refractivity contribution in [2.45, 2.75) is 68.3 Å². The number of carbonyl (C=O) groups is 1. The molecule has 0 aromatic heterocycles. The first-order valence-electron chi connectivity index (χ1n) is 8.35. The highest BCUT2D eigenvalue weighted by molar-refractivity contribution is 5.65. The van der Waals surface area contributed by atoms with Crippen LogP contribution >= 0.6 is 0 Å². The molecular formula is C15H26O12. The molecule has 158 valence electrons. The van der Waals surface area contributed by atoms with Gasteiger partial charge in [0.2, 0.25) is 0 Å². The van der Waals surface area contributed by atoms with Crippen LogP contribution in [0.1, 0.15) is 6.92 Å². The van der Waals surface area contributed by atoms with E-state index in [1.807, 2.05) is 0 Å². The third-order valence-corrected chi connectivity index (χ3v) is 4.47. The molecule has 0 spiro atoms. The van der Waals surface area contributed by atoms with Crippen LogP contribution in [0.15, 0.2) is 0 Å². The molecule has 10 atom stereocenters. The maximum atomic E-state index is 10.9. The first-order valence-corrected chi connectivity index (χ1v) is 8.35. The second-order valence-corrected chi connectivity index (χ2v) is 6.36. The summed E-state index contributed by atoms with van der Waals surface area (Å²) in [5, 5.41) is 59.4. The van der Waals surface area contributed by atoms with Gasteiger partial charge in [0.1, 0.15) is 55.4 Å². The predicted octanol–water partition coefficient (Wildman–Crippen LogP) is -4.17. The van der Waals surface area contributed by atoms with Crippen molar-refractivity contribution in [3.05, 3.63) is 0 Å². The molecule has 0 unspecified atom stereocenters. The zero-order valence-electron chi connectivity index (χ0n) is 14.8.